The molecule has 0 saturated carbocycles. The normalized spacial score (nSPS) is 20.6. The standard InChI is InChI=1S/C12H12BrFN2O2/c1-7-12(18)16(5-4-11(17)15-7)8-2-3-10(14)9(13)6-8/h2-3,6-7H,4-5H2,1H3,(H,15,17). The van der Waals surface area contributed by atoms with Crippen LogP contribution in [0.15, 0.2) is 22.7 Å². The molecule has 1 unspecified atom stereocenters. The van der Waals surface area contributed by atoms with Gasteiger partial charge in [0.2, 0.25) is 11.8 Å². The Labute approximate surface area is 112 Å². The Morgan fingerprint density at radius 1 is 1.44 bits per heavy atom. The average Bonchev–Trinajstić information content (AvgIpc) is 2.44. The van der Waals surface area contributed by atoms with Crippen molar-refractivity contribution < 1.29 is 14.0 Å². The zero-order valence-electron chi connectivity index (χ0n) is 9.74. The van der Waals surface area contributed by atoms with Crippen molar-refractivity contribution in [3.8, 4) is 0 Å². The Hall–Kier alpha value is -1.43. The van der Waals surface area contributed by atoms with Crippen LogP contribution >= 0.6 is 15.9 Å². The molecule has 1 aromatic carbocycles. The van der Waals surface area contributed by atoms with Gasteiger partial charge >= 0.3 is 0 Å². The molecule has 2 amide bonds. The van der Waals surface area contributed by atoms with Crippen molar-refractivity contribution in [3.63, 3.8) is 0 Å². The van der Waals surface area contributed by atoms with Crippen molar-refractivity contribution in [2.75, 3.05) is 11.4 Å². The van der Waals surface area contributed by atoms with Crippen LogP contribution in [-0.4, -0.2) is 24.4 Å². The SMILES string of the molecule is CC1NC(=O)CCN(c2ccc(F)c(Br)c2)C1=O. The average molecular weight is 315 g/mol. The van der Waals surface area contributed by atoms with Crippen molar-refractivity contribution in [1.29, 1.82) is 0 Å². The number of anilines is 1. The van der Waals surface area contributed by atoms with E-state index in [1.807, 2.05) is 0 Å². The van der Waals surface area contributed by atoms with Crippen molar-refractivity contribution >= 4 is 33.4 Å². The van der Waals surface area contributed by atoms with E-state index in [1.54, 1.807) is 6.92 Å². The van der Waals surface area contributed by atoms with Gasteiger partial charge in [0, 0.05) is 18.7 Å². The number of carbonyl (C=O) groups is 2. The van der Waals surface area contributed by atoms with Gasteiger partial charge in [-0.3, -0.25) is 9.59 Å². The van der Waals surface area contributed by atoms with Gasteiger partial charge in [0.1, 0.15) is 11.9 Å². The second kappa shape index (κ2) is 5.06. The molecule has 1 N–H and O–H groups in total. The first-order chi connectivity index (χ1) is 8.49. The van der Waals surface area contributed by atoms with Gasteiger partial charge in [-0.25, -0.2) is 4.39 Å². The summed E-state index contributed by atoms with van der Waals surface area (Å²) in [5.74, 6) is -0.734. The van der Waals surface area contributed by atoms with Crippen molar-refractivity contribution in [1.82, 2.24) is 5.32 Å². The van der Waals surface area contributed by atoms with Crippen LogP contribution in [0.25, 0.3) is 0 Å². The minimum atomic E-state index is -0.566. The first-order valence-electron chi connectivity index (χ1n) is 5.55. The molecule has 0 bridgehead atoms. The quantitative estimate of drug-likeness (QED) is 0.859. The fraction of sp³-hybridized carbons (Fsp3) is 0.333. The number of benzene rings is 1. The molecule has 1 aliphatic heterocycles. The topological polar surface area (TPSA) is 49.4 Å². The van der Waals surface area contributed by atoms with E-state index in [0.29, 0.717) is 16.7 Å². The van der Waals surface area contributed by atoms with Crippen molar-refractivity contribution in [2.45, 2.75) is 19.4 Å². The molecule has 1 aliphatic rings. The van der Waals surface area contributed by atoms with Crippen LogP contribution in [0.2, 0.25) is 0 Å². The van der Waals surface area contributed by atoms with Crippen LogP contribution in [0.3, 0.4) is 0 Å². The largest absolute Gasteiger partial charge is 0.345 e. The summed E-state index contributed by atoms with van der Waals surface area (Å²) in [5, 5.41) is 2.60. The van der Waals surface area contributed by atoms with Gasteiger partial charge in [-0.05, 0) is 41.1 Å². The highest BCUT2D eigenvalue weighted by atomic mass is 79.9. The van der Waals surface area contributed by atoms with Crippen LogP contribution < -0.4 is 10.2 Å². The number of nitrogens with zero attached hydrogens (tertiary/aromatic N) is 1. The number of hydrogen-bond donors (Lipinski definition) is 1. The van der Waals surface area contributed by atoms with Crippen molar-refractivity contribution in [2.24, 2.45) is 0 Å². The van der Waals surface area contributed by atoms with E-state index in [0.717, 1.165) is 0 Å². The molecule has 1 atom stereocenters. The van der Waals surface area contributed by atoms with Gasteiger partial charge in [-0.2, -0.15) is 0 Å². The predicted molar refractivity (Wildman–Crippen MR) is 68.7 cm³/mol. The number of hydrogen-bond acceptors (Lipinski definition) is 2. The maximum atomic E-state index is 13.2. The zero-order valence-corrected chi connectivity index (χ0v) is 11.3. The van der Waals surface area contributed by atoms with E-state index < -0.39 is 6.04 Å². The Bertz CT molecular complexity index is 507. The van der Waals surface area contributed by atoms with E-state index in [-0.39, 0.29) is 24.1 Å². The molecule has 0 aliphatic carbocycles. The highest BCUT2D eigenvalue weighted by molar-refractivity contribution is 9.10. The number of rotatable bonds is 1. The van der Waals surface area contributed by atoms with Gasteiger partial charge in [0.25, 0.3) is 0 Å². The van der Waals surface area contributed by atoms with Gasteiger partial charge in [-0.1, -0.05) is 0 Å². The summed E-state index contributed by atoms with van der Waals surface area (Å²) in [6.45, 7) is 1.93. The van der Waals surface area contributed by atoms with Gasteiger partial charge in [-0.15, -0.1) is 0 Å². The van der Waals surface area contributed by atoms with E-state index in [4.69, 9.17) is 0 Å². The Kier molecular flexibility index (Phi) is 3.65. The summed E-state index contributed by atoms with van der Waals surface area (Å²) in [6, 6.07) is 3.79. The Morgan fingerprint density at radius 2 is 2.17 bits per heavy atom. The first kappa shape index (κ1) is 13.0. The summed E-state index contributed by atoms with van der Waals surface area (Å²) in [7, 11) is 0. The Balaban J connectivity index is 2.33. The van der Waals surface area contributed by atoms with E-state index >= 15 is 0 Å². The van der Waals surface area contributed by atoms with Crippen molar-refractivity contribution in [3.05, 3.63) is 28.5 Å². The molecular weight excluding hydrogens is 303 g/mol. The predicted octanol–water partition coefficient (Wildman–Crippen LogP) is 1.83. The number of amides is 2. The molecule has 4 nitrogen and oxygen atoms in total. The second-order valence-electron chi connectivity index (χ2n) is 4.13. The number of halogens is 2. The summed E-state index contributed by atoms with van der Waals surface area (Å²) >= 11 is 3.08. The summed E-state index contributed by atoms with van der Waals surface area (Å²) < 4.78 is 13.5. The minimum Gasteiger partial charge on any atom is -0.345 e. The highest BCUT2D eigenvalue weighted by Crippen LogP contribution is 2.24. The molecule has 1 saturated heterocycles. The van der Waals surface area contributed by atoms with E-state index in [2.05, 4.69) is 21.2 Å². The lowest BCUT2D eigenvalue weighted by atomic mass is 10.2. The highest BCUT2D eigenvalue weighted by Gasteiger charge is 2.27. The lowest BCUT2D eigenvalue weighted by Crippen LogP contribution is -2.42. The van der Waals surface area contributed by atoms with Crippen LogP contribution in [0.1, 0.15) is 13.3 Å². The first-order valence-corrected chi connectivity index (χ1v) is 6.34. The fourth-order valence-electron chi connectivity index (χ4n) is 1.84. The maximum absolute atomic E-state index is 13.2. The number of nitrogens with one attached hydrogen (secondary N) is 1. The Morgan fingerprint density at radius 3 is 2.83 bits per heavy atom. The third-order valence-corrected chi connectivity index (χ3v) is 3.40. The van der Waals surface area contributed by atoms with E-state index in [9.17, 15) is 14.0 Å². The van der Waals surface area contributed by atoms with E-state index in [1.165, 1.54) is 23.1 Å². The van der Waals surface area contributed by atoms with Gasteiger partial charge in [0.05, 0.1) is 4.47 Å². The third kappa shape index (κ3) is 2.53. The second-order valence-corrected chi connectivity index (χ2v) is 4.98. The third-order valence-electron chi connectivity index (χ3n) is 2.79. The summed E-state index contributed by atoms with van der Waals surface area (Å²) in [5.41, 5.74) is 0.580. The lowest BCUT2D eigenvalue weighted by Gasteiger charge is -2.22. The van der Waals surface area contributed by atoms with Crippen LogP contribution in [0, 0.1) is 5.82 Å². The monoisotopic (exact) mass is 314 g/mol. The molecule has 2 rings (SSSR count). The van der Waals surface area contributed by atoms with Crippen LogP contribution in [0.4, 0.5) is 10.1 Å². The molecular formula is C12H12BrFN2O2. The molecule has 96 valence electrons. The molecule has 0 radical (unpaired) electrons. The van der Waals surface area contributed by atoms with Gasteiger partial charge < -0.3 is 10.2 Å². The molecule has 0 aromatic heterocycles. The maximum Gasteiger partial charge on any atom is 0.249 e. The molecule has 0 spiro atoms. The molecule has 1 aromatic rings. The molecule has 1 heterocycles. The molecule has 6 heteroatoms. The summed E-state index contributed by atoms with van der Waals surface area (Å²) in [6.07, 6.45) is 0.241. The van der Waals surface area contributed by atoms with Gasteiger partial charge in [0.15, 0.2) is 0 Å². The molecule has 18 heavy (non-hydrogen) atoms. The lowest BCUT2D eigenvalue weighted by molar-refractivity contribution is -0.125. The smallest absolute Gasteiger partial charge is 0.249 e. The fourth-order valence-corrected chi connectivity index (χ4v) is 2.21. The van der Waals surface area contributed by atoms with Crippen LogP contribution in [-0.2, 0) is 9.59 Å². The van der Waals surface area contributed by atoms with Crippen LogP contribution in [0.5, 0.6) is 0 Å². The zero-order chi connectivity index (χ0) is 13.3. The summed E-state index contributed by atoms with van der Waals surface area (Å²) in [4.78, 5) is 25.0. The molecule has 1 fully saturated rings. The number of carbonyl (C=O) groups excluding carboxylic acids is 2. The minimum absolute atomic E-state index is 0.153.